The van der Waals surface area contributed by atoms with Crippen molar-refractivity contribution < 1.29 is 0 Å². The van der Waals surface area contributed by atoms with Crippen LogP contribution in [-0.4, -0.2) is 20.5 Å². The van der Waals surface area contributed by atoms with Crippen LogP contribution in [0, 0.1) is 20.8 Å². The number of benzene rings is 1. The molecule has 158 valence electrons. The van der Waals surface area contributed by atoms with Crippen LogP contribution in [-0.2, 0) is 13.0 Å². The van der Waals surface area contributed by atoms with Crippen molar-refractivity contribution in [2.75, 3.05) is 0 Å². The zero-order chi connectivity index (χ0) is 21.1. The highest BCUT2D eigenvalue weighted by atomic mass is 32.1. The maximum Gasteiger partial charge on any atom is 0.160 e. The first kappa shape index (κ1) is 21.0. The van der Waals surface area contributed by atoms with Crippen LogP contribution in [0.25, 0.3) is 5.00 Å². The van der Waals surface area contributed by atoms with E-state index in [1.54, 1.807) is 0 Å². The Morgan fingerprint density at radius 2 is 1.73 bits per heavy atom. The lowest BCUT2D eigenvalue weighted by atomic mass is 9.97. The summed E-state index contributed by atoms with van der Waals surface area (Å²) in [7, 11) is 0. The lowest BCUT2D eigenvalue weighted by Crippen LogP contribution is -2.07. The molecule has 0 amide bonds. The minimum absolute atomic E-state index is 0.567. The molecule has 3 heterocycles. The van der Waals surface area contributed by atoms with Crippen LogP contribution in [0.5, 0.6) is 0 Å². The standard InChI is InChI=1S/C25H32N4S/c1-5-6-7-8-9-10-11-20-15-22-24(21-13-12-17(2)14-18(21)3)26-16-23-28-27-19(4)29(23)25(22)30-20/h12-15H,5-11,16H2,1-4H3. The summed E-state index contributed by atoms with van der Waals surface area (Å²) in [6, 6.07) is 9.03. The predicted octanol–water partition coefficient (Wildman–Crippen LogP) is 6.51. The van der Waals surface area contributed by atoms with Crippen LogP contribution < -0.4 is 0 Å². The molecule has 0 unspecified atom stereocenters. The van der Waals surface area contributed by atoms with Crippen molar-refractivity contribution in [3.8, 4) is 5.00 Å². The molecule has 0 aliphatic carbocycles. The summed E-state index contributed by atoms with van der Waals surface area (Å²) in [6.45, 7) is 9.21. The van der Waals surface area contributed by atoms with E-state index in [-0.39, 0.29) is 0 Å². The third-order valence-corrected chi connectivity index (χ3v) is 7.09. The monoisotopic (exact) mass is 420 g/mol. The third kappa shape index (κ3) is 4.27. The minimum atomic E-state index is 0.567. The Morgan fingerprint density at radius 3 is 2.53 bits per heavy atom. The molecule has 1 aliphatic heterocycles. The van der Waals surface area contributed by atoms with Gasteiger partial charge in [0.25, 0.3) is 0 Å². The Hall–Kier alpha value is -2.27. The Morgan fingerprint density at radius 1 is 0.933 bits per heavy atom. The van der Waals surface area contributed by atoms with E-state index in [9.17, 15) is 0 Å². The number of thiophene rings is 1. The molecular weight excluding hydrogens is 388 g/mol. The van der Waals surface area contributed by atoms with Gasteiger partial charge in [0.1, 0.15) is 17.4 Å². The van der Waals surface area contributed by atoms with Crippen molar-refractivity contribution in [1.82, 2.24) is 14.8 Å². The van der Waals surface area contributed by atoms with Crippen molar-refractivity contribution in [1.29, 1.82) is 0 Å². The largest absolute Gasteiger partial charge is 0.276 e. The van der Waals surface area contributed by atoms with Gasteiger partial charge in [-0.3, -0.25) is 9.56 Å². The fraction of sp³-hybridized carbons (Fsp3) is 0.480. The molecule has 0 saturated heterocycles. The van der Waals surface area contributed by atoms with Gasteiger partial charge in [0, 0.05) is 16.0 Å². The van der Waals surface area contributed by atoms with E-state index in [1.807, 2.05) is 18.3 Å². The van der Waals surface area contributed by atoms with E-state index >= 15 is 0 Å². The molecule has 1 aliphatic rings. The van der Waals surface area contributed by atoms with Gasteiger partial charge >= 0.3 is 0 Å². The van der Waals surface area contributed by atoms with Crippen molar-refractivity contribution in [2.24, 2.45) is 4.99 Å². The van der Waals surface area contributed by atoms with E-state index in [0.717, 1.165) is 23.8 Å². The first-order chi connectivity index (χ1) is 14.6. The Bertz CT molecular complexity index is 1060. The lowest BCUT2D eigenvalue weighted by molar-refractivity contribution is 0.609. The molecule has 0 fully saturated rings. The summed E-state index contributed by atoms with van der Waals surface area (Å²) >= 11 is 1.89. The number of unbranched alkanes of at least 4 members (excludes halogenated alkanes) is 5. The lowest BCUT2D eigenvalue weighted by Gasteiger charge is -2.10. The quantitative estimate of drug-likeness (QED) is 0.390. The van der Waals surface area contributed by atoms with E-state index in [2.05, 4.69) is 59.8 Å². The average Bonchev–Trinajstić information content (AvgIpc) is 3.25. The van der Waals surface area contributed by atoms with E-state index < -0.39 is 0 Å². The molecule has 0 radical (unpaired) electrons. The van der Waals surface area contributed by atoms with Crippen LogP contribution in [0.3, 0.4) is 0 Å². The second kappa shape index (κ2) is 9.25. The molecule has 0 saturated carbocycles. The molecule has 3 aromatic rings. The highest BCUT2D eigenvalue weighted by Crippen LogP contribution is 2.34. The second-order valence-corrected chi connectivity index (χ2v) is 9.55. The summed E-state index contributed by atoms with van der Waals surface area (Å²) in [6.07, 6.45) is 9.09. The van der Waals surface area contributed by atoms with Gasteiger partial charge in [-0.05, 0) is 45.2 Å². The predicted molar refractivity (Wildman–Crippen MR) is 126 cm³/mol. The van der Waals surface area contributed by atoms with Crippen molar-refractivity contribution >= 4 is 17.0 Å². The average molecular weight is 421 g/mol. The number of rotatable bonds is 8. The highest BCUT2D eigenvalue weighted by molar-refractivity contribution is 7.15. The van der Waals surface area contributed by atoms with Gasteiger partial charge in [0.15, 0.2) is 5.82 Å². The number of aryl methyl sites for hydroxylation is 4. The van der Waals surface area contributed by atoms with Gasteiger partial charge < -0.3 is 0 Å². The fourth-order valence-electron chi connectivity index (χ4n) is 4.29. The molecule has 4 rings (SSSR count). The molecule has 0 bridgehead atoms. The van der Waals surface area contributed by atoms with Gasteiger partial charge in [-0.2, -0.15) is 0 Å². The molecule has 0 N–H and O–H groups in total. The first-order valence-electron chi connectivity index (χ1n) is 11.2. The molecule has 2 aromatic heterocycles. The smallest absolute Gasteiger partial charge is 0.160 e. The second-order valence-electron chi connectivity index (χ2n) is 8.43. The zero-order valence-electron chi connectivity index (χ0n) is 18.7. The van der Waals surface area contributed by atoms with E-state index in [1.165, 1.54) is 70.7 Å². The summed E-state index contributed by atoms with van der Waals surface area (Å²) in [5.74, 6) is 1.87. The number of fused-ring (bicyclic) bond motifs is 3. The van der Waals surface area contributed by atoms with Crippen molar-refractivity contribution in [2.45, 2.75) is 79.2 Å². The third-order valence-electron chi connectivity index (χ3n) is 5.91. The Balaban J connectivity index is 1.66. The van der Waals surface area contributed by atoms with Crippen LogP contribution in [0.2, 0.25) is 0 Å². The highest BCUT2D eigenvalue weighted by Gasteiger charge is 2.25. The number of nitrogens with zero attached hydrogens (tertiary/aromatic N) is 4. The Labute approximate surface area is 184 Å². The SMILES string of the molecule is CCCCCCCCc1cc2c(s1)-n1c(C)nnc1CN=C2c1ccc(C)cc1C. The van der Waals surface area contributed by atoms with Crippen molar-refractivity contribution in [3.63, 3.8) is 0 Å². The van der Waals surface area contributed by atoms with Crippen LogP contribution in [0.4, 0.5) is 0 Å². The Kier molecular flexibility index (Phi) is 6.47. The summed E-state index contributed by atoms with van der Waals surface area (Å²) in [4.78, 5) is 6.46. The molecule has 0 atom stereocenters. The molecule has 1 aromatic carbocycles. The minimum Gasteiger partial charge on any atom is -0.276 e. The van der Waals surface area contributed by atoms with Gasteiger partial charge in [0.05, 0.1) is 5.71 Å². The summed E-state index contributed by atoms with van der Waals surface area (Å²) in [5, 5.41) is 9.96. The number of hydrogen-bond donors (Lipinski definition) is 0. The van der Waals surface area contributed by atoms with E-state index in [0.29, 0.717) is 6.54 Å². The summed E-state index contributed by atoms with van der Waals surface area (Å²) in [5.41, 5.74) is 6.11. The van der Waals surface area contributed by atoms with Crippen molar-refractivity contribution in [3.05, 3.63) is 63.0 Å². The maximum atomic E-state index is 5.02. The number of aromatic nitrogens is 3. The molecule has 0 spiro atoms. The summed E-state index contributed by atoms with van der Waals surface area (Å²) < 4.78 is 2.21. The van der Waals surface area contributed by atoms with E-state index in [4.69, 9.17) is 4.99 Å². The molecule has 30 heavy (non-hydrogen) atoms. The van der Waals surface area contributed by atoms with Gasteiger partial charge in [-0.25, -0.2) is 0 Å². The maximum absolute atomic E-state index is 5.02. The normalized spacial score (nSPS) is 13.0. The van der Waals surface area contributed by atoms with Crippen LogP contribution >= 0.6 is 11.3 Å². The first-order valence-corrected chi connectivity index (χ1v) is 12.1. The molecular formula is C25H32N4S. The molecule has 4 nitrogen and oxygen atoms in total. The van der Waals surface area contributed by atoms with Crippen LogP contribution in [0.15, 0.2) is 29.3 Å². The van der Waals surface area contributed by atoms with Gasteiger partial charge in [-0.15, -0.1) is 21.5 Å². The van der Waals surface area contributed by atoms with Gasteiger partial charge in [-0.1, -0.05) is 62.8 Å². The number of hydrogen-bond acceptors (Lipinski definition) is 4. The van der Waals surface area contributed by atoms with Gasteiger partial charge in [0.2, 0.25) is 0 Å². The number of aliphatic imine (C=N–C) groups is 1. The molecule has 5 heteroatoms. The topological polar surface area (TPSA) is 43.1 Å². The zero-order valence-corrected chi connectivity index (χ0v) is 19.5. The fourth-order valence-corrected chi connectivity index (χ4v) is 5.55. The van der Waals surface area contributed by atoms with Crippen LogP contribution in [0.1, 0.15) is 84.2 Å².